The fourth-order valence-corrected chi connectivity index (χ4v) is 4.95. The van der Waals surface area contributed by atoms with Crippen molar-refractivity contribution >= 4 is 12.1 Å². The molecule has 1 aromatic carbocycles. The molecule has 28 heavy (non-hydrogen) atoms. The highest BCUT2D eigenvalue weighted by atomic mass is 16.5. The number of carboxylic acid groups (broad SMARTS) is 1. The molecular formula is C22H34N2O4. The molecule has 1 aromatic rings. The first-order chi connectivity index (χ1) is 13.0. The number of rotatable bonds is 6. The lowest BCUT2D eigenvalue weighted by atomic mass is 9.60. The summed E-state index contributed by atoms with van der Waals surface area (Å²) >= 11 is 0. The topological polar surface area (TPSA) is 102 Å². The number of hydrogen-bond donors (Lipinski definition) is 3. The van der Waals surface area contributed by atoms with Crippen LogP contribution in [0.15, 0.2) is 18.2 Å². The van der Waals surface area contributed by atoms with Gasteiger partial charge in [-0.05, 0) is 60.1 Å². The average Bonchev–Trinajstić information content (AvgIpc) is 2.58. The Bertz CT molecular complexity index is 731. The van der Waals surface area contributed by atoms with Crippen LogP contribution in [-0.2, 0) is 17.6 Å². The van der Waals surface area contributed by atoms with Crippen LogP contribution in [0, 0.1) is 10.8 Å². The molecule has 3 atom stereocenters. The van der Waals surface area contributed by atoms with Gasteiger partial charge in [-0.15, -0.1) is 0 Å². The van der Waals surface area contributed by atoms with Crippen molar-refractivity contribution < 1.29 is 19.4 Å². The number of carbonyl (C=O) groups excluding carboxylic acids is 1. The second kappa shape index (κ2) is 8.52. The van der Waals surface area contributed by atoms with Gasteiger partial charge in [-0.1, -0.05) is 46.8 Å². The fourth-order valence-electron chi connectivity index (χ4n) is 4.95. The first-order valence-corrected chi connectivity index (χ1v) is 10.1. The highest BCUT2D eigenvalue weighted by molar-refractivity contribution is 5.79. The fraction of sp³-hybridized carbons (Fsp3) is 0.636. The molecule has 6 heteroatoms. The van der Waals surface area contributed by atoms with Crippen LogP contribution >= 0.6 is 0 Å². The van der Waals surface area contributed by atoms with Crippen molar-refractivity contribution in [1.29, 1.82) is 0 Å². The van der Waals surface area contributed by atoms with Crippen molar-refractivity contribution in [3.8, 4) is 5.75 Å². The molecule has 0 radical (unpaired) electrons. The summed E-state index contributed by atoms with van der Waals surface area (Å²) in [4.78, 5) is 24.1. The maximum Gasteiger partial charge on any atom is 0.404 e. The number of benzene rings is 1. The second-order valence-electron chi connectivity index (χ2n) is 9.05. The predicted molar refractivity (Wildman–Crippen MR) is 109 cm³/mol. The second-order valence-corrected chi connectivity index (χ2v) is 9.05. The molecule has 0 aliphatic heterocycles. The van der Waals surface area contributed by atoms with Gasteiger partial charge in [0.15, 0.2) is 0 Å². The van der Waals surface area contributed by atoms with Gasteiger partial charge >= 0.3 is 12.1 Å². The van der Waals surface area contributed by atoms with E-state index in [-0.39, 0.29) is 11.5 Å². The summed E-state index contributed by atoms with van der Waals surface area (Å²) < 4.78 is 5.74. The Kier molecular flexibility index (Phi) is 6.75. The van der Waals surface area contributed by atoms with Gasteiger partial charge < -0.3 is 20.9 Å². The van der Waals surface area contributed by atoms with Gasteiger partial charge in [-0.3, -0.25) is 0 Å². The average molecular weight is 391 g/mol. The van der Waals surface area contributed by atoms with E-state index in [1.54, 1.807) is 0 Å². The van der Waals surface area contributed by atoms with Gasteiger partial charge in [0.1, 0.15) is 11.8 Å². The maximum atomic E-state index is 12.9. The molecule has 156 valence electrons. The van der Waals surface area contributed by atoms with E-state index in [4.69, 9.17) is 15.6 Å². The number of amides is 1. The summed E-state index contributed by atoms with van der Waals surface area (Å²) in [5.41, 5.74) is 7.91. The minimum absolute atomic E-state index is 0.130. The van der Waals surface area contributed by atoms with Gasteiger partial charge in [-0.25, -0.2) is 9.59 Å². The number of nitrogens with one attached hydrogen (secondary N) is 1. The number of nitrogens with two attached hydrogens (primary N) is 1. The largest absolute Gasteiger partial charge is 0.465 e. The van der Waals surface area contributed by atoms with Crippen molar-refractivity contribution in [3.63, 3.8) is 0 Å². The van der Waals surface area contributed by atoms with Crippen LogP contribution in [0.5, 0.6) is 5.75 Å². The molecule has 1 saturated carbocycles. The molecule has 3 unspecified atom stereocenters. The number of esters is 1. The van der Waals surface area contributed by atoms with E-state index in [0.717, 1.165) is 36.8 Å². The van der Waals surface area contributed by atoms with Crippen molar-refractivity contribution in [2.45, 2.75) is 78.8 Å². The van der Waals surface area contributed by atoms with Crippen LogP contribution in [0.25, 0.3) is 0 Å². The Morgan fingerprint density at radius 2 is 1.93 bits per heavy atom. The van der Waals surface area contributed by atoms with Crippen molar-refractivity contribution in [1.82, 2.24) is 5.32 Å². The third-order valence-electron chi connectivity index (χ3n) is 5.90. The number of ether oxygens (including phenoxy) is 1. The minimum atomic E-state index is -1.05. The maximum absolute atomic E-state index is 12.9. The van der Waals surface area contributed by atoms with Crippen molar-refractivity contribution in [2.75, 3.05) is 0 Å². The number of carbonyl (C=O) groups is 2. The van der Waals surface area contributed by atoms with E-state index in [0.29, 0.717) is 12.2 Å². The van der Waals surface area contributed by atoms with Crippen molar-refractivity contribution in [2.24, 2.45) is 16.6 Å². The number of aryl methyl sites for hydroxylation is 1. The van der Waals surface area contributed by atoms with Gasteiger partial charge in [0.25, 0.3) is 0 Å². The van der Waals surface area contributed by atoms with E-state index in [1.165, 1.54) is 0 Å². The zero-order valence-corrected chi connectivity index (χ0v) is 17.7. The molecule has 2 rings (SSSR count). The van der Waals surface area contributed by atoms with Gasteiger partial charge in [0.2, 0.25) is 0 Å². The van der Waals surface area contributed by atoms with Crippen LogP contribution in [0.4, 0.5) is 4.79 Å². The van der Waals surface area contributed by atoms with Crippen molar-refractivity contribution in [3.05, 3.63) is 29.3 Å². The summed E-state index contributed by atoms with van der Waals surface area (Å²) in [5, 5.41) is 11.7. The normalized spacial score (nSPS) is 25.0. The van der Waals surface area contributed by atoms with Crippen LogP contribution in [-0.4, -0.2) is 29.3 Å². The van der Waals surface area contributed by atoms with E-state index >= 15 is 0 Å². The Labute approximate surface area is 167 Å². The molecule has 1 amide bonds. The third-order valence-corrected chi connectivity index (χ3v) is 5.90. The Balaban J connectivity index is 2.22. The molecule has 6 nitrogen and oxygen atoms in total. The molecule has 1 aliphatic rings. The zero-order valence-electron chi connectivity index (χ0n) is 17.7. The lowest BCUT2D eigenvalue weighted by Crippen LogP contribution is -2.56. The number of hydrogen-bond acceptors (Lipinski definition) is 4. The summed E-state index contributed by atoms with van der Waals surface area (Å²) in [7, 11) is 0. The first-order valence-electron chi connectivity index (χ1n) is 10.1. The summed E-state index contributed by atoms with van der Waals surface area (Å²) in [6.45, 7) is 10.2. The standard InChI is InChI=1S/C22H34N2O4/c1-6-14-9-8-10-17(16(14)7-2)28-19(25)18(23)22(5)12-15(24-20(26)27)11-21(3,4)13-22/h8-10,15,18,24H,6-7,11-13,23H2,1-5H3,(H,26,27). The Hall–Kier alpha value is -2.08. The lowest BCUT2D eigenvalue weighted by Gasteiger charge is -2.48. The van der Waals surface area contributed by atoms with Crippen LogP contribution in [0.3, 0.4) is 0 Å². The first kappa shape index (κ1) is 22.2. The Morgan fingerprint density at radius 1 is 1.25 bits per heavy atom. The quantitative estimate of drug-likeness (QED) is 0.505. The third kappa shape index (κ3) is 5.04. The molecule has 1 fully saturated rings. The zero-order chi connectivity index (χ0) is 21.1. The highest BCUT2D eigenvalue weighted by Gasteiger charge is 2.47. The molecule has 0 heterocycles. The van der Waals surface area contributed by atoms with E-state index in [2.05, 4.69) is 26.1 Å². The van der Waals surface area contributed by atoms with E-state index in [9.17, 15) is 9.59 Å². The minimum Gasteiger partial charge on any atom is -0.465 e. The molecule has 0 aromatic heterocycles. The molecule has 0 saturated heterocycles. The monoisotopic (exact) mass is 390 g/mol. The van der Waals surface area contributed by atoms with Crippen LogP contribution in [0.1, 0.15) is 65.0 Å². The molecule has 0 bridgehead atoms. The SMILES string of the molecule is CCc1cccc(OC(=O)C(N)C2(C)CC(NC(=O)O)CC(C)(C)C2)c1CC. The van der Waals surface area contributed by atoms with Gasteiger partial charge in [0.05, 0.1) is 0 Å². The molecule has 4 N–H and O–H groups in total. The molecule has 1 aliphatic carbocycles. The molecule has 0 spiro atoms. The summed E-state index contributed by atoms with van der Waals surface area (Å²) in [5.74, 6) is 0.110. The van der Waals surface area contributed by atoms with Crippen LogP contribution in [0.2, 0.25) is 0 Å². The van der Waals surface area contributed by atoms with Gasteiger partial charge in [0, 0.05) is 6.04 Å². The summed E-state index contributed by atoms with van der Waals surface area (Å²) in [6.07, 6.45) is 2.55. The smallest absolute Gasteiger partial charge is 0.404 e. The van der Waals surface area contributed by atoms with Crippen LogP contribution < -0.4 is 15.8 Å². The van der Waals surface area contributed by atoms with E-state index < -0.39 is 23.5 Å². The summed E-state index contributed by atoms with van der Waals surface area (Å²) in [6, 6.07) is 4.68. The van der Waals surface area contributed by atoms with E-state index in [1.807, 2.05) is 32.0 Å². The lowest BCUT2D eigenvalue weighted by molar-refractivity contribution is -0.140. The molecular weight excluding hydrogens is 356 g/mol. The predicted octanol–water partition coefficient (Wildman–Crippen LogP) is 3.90. The highest BCUT2D eigenvalue weighted by Crippen LogP contribution is 2.47. The van der Waals surface area contributed by atoms with Gasteiger partial charge in [-0.2, -0.15) is 0 Å². The Morgan fingerprint density at radius 3 is 2.50 bits per heavy atom.